The van der Waals surface area contributed by atoms with Crippen molar-refractivity contribution >= 4 is 33.1 Å². The third kappa shape index (κ3) is 5.48. The van der Waals surface area contributed by atoms with Crippen molar-refractivity contribution in [1.29, 1.82) is 0 Å². The van der Waals surface area contributed by atoms with Gasteiger partial charge in [0.15, 0.2) is 5.78 Å². The van der Waals surface area contributed by atoms with Crippen molar-refractivity contribution < 1.29 is 32.2 Å². The van der Waals surface area contributed by atoms with Crippen LogP contribution in [0.2, 0.25) is 0 Å². The third-order valence-electron chi connectivity index (χ3n) is 7.16. The standard InChI is InChI=1S/C28H31FN2O6S2/c1-6-20-15-31(39(35,36)24-13-30-10-9-22(24)37-20)14-19-11-18(8-7-16(19)2)25(28(4,5)27(33)34)23-12-21(29)26(38-23)17(3)32/h7-13,20,25H,6,14-15H2,1-5H3,(H,33,34)/t20-,25?/m1/s1. The van der Waals surface area contributed by atoms with Crippen molar-refractivity contribution in [3.63, 3.8) is 0 Å². The van der Waals surface area contributed by atoms with E-state index >= 15 is 0 Å². The Balaban J connectivity index is 1.81. The number of rotatable bonds is 8. The Morgan fingerprint density at radius 3 is 2.62 bits per heavy atom. The van der Waals surface area contributed by atoms with Gasteiger partial charge in [-0.2, -0.15) is 4.31 Å². The molecular weight excluding hydrogens is 543 g/mol. The Hall–Kier alpha value is -3.15. The minimum absolute atomic E-state index is 0.00883. The van der Waals surface area contributed by atoms with E-state index in [1.54, 1.807) is 38.1 Å². The highest BCUT2D eigenvalue weighted by Gasteiger charge is 2.41. The zero-order valence-corrected chi connectivity index (χ0v) is 24.0. The second-order valence-corrected chi connectivity index (χ2v) is 13.3. The van der Waals surface area contributed by atoms with Crippen molar-refractivity contribution in [2.45, 2.75) is 64.5 Å². The van der Waals surface area contributed by atoms with Crippen molar-refractivity contribution in [3.8, 4) is 5.75 Å². The summed E-state index contributed by atoms with van der Waals surface area (Å²) in [6.45, 7) is 8.29. The van der Waals surface area contributed by atoms with E-state index in [9.17, 15) is 27.5 Å². The molecular formula is C28H31FN2O6S2. The number of ketones is 1. The summed E-state index contributed by atoms with van der Waals surface area (Å²) in [7, 11) is -3.95. The molecule has 0 spiro atoms. The highest BCUT2D eigenvalue weighted by molar-refractivity contribution is 7.89. The molecule has 1 unspecified atom stereocenters. The third-order valence-corrected chi connectivity index (χ3v) is 10.3. The molecule has 0 amide bonds. The number of aliphatic carboxylic acids is 1. The number of carboxylic acid groups (broad SMARTS) is 1. The predicted molar refractivity (Wildman–Crippen MR) is 145 cm³/mol. The van der Waals surface area contributed by atoms with E-state index in [0.717, 1.165) is 16.9 Å². The average molecular weight is 575 g/mol. The first-order chi connectivity index (χ1) is 18.3. The lowest BCUT2D eigenvalue weighted by Gasteiger charge is -2.31. The highest BCUT2D eigenvalue weighted by atomic mass is 32.2. The van der Waals surface area contributed by atoms with Crippen LogP contribution in [-0.4, -0.2) is 47.2 Å². The molecule has 0 fully saturated rings. The van der Waals surface area contributed by atoms with Gasteiger partial charge in [-0.3, -0.25) is 14.6 Å². The molecule has 3 heterocycles. The van der Waals surface area contributed by atoms with Crippen molar-refractivity contribution in [3.05, 3.63) is 75.0 Å². The van der Waals surface area contributed by atoms with Crippen LogP contribution < -0.4 is 4.74 Å². The van der Waals surface area contributed by atoms with E-state index in [1.807, 2.05) is 13.8 Å². The molecule has 1 aromatic carbocycles. The molecule has 39 heavy (non-hydrogen) atoms. The van der Waals surface area contributed by atoms with Gasteiger partial charge in [-0.1, -0.05) is 25.1 Å². The Morgan fingerprint density at radius 1 is 1.28 bits per heavy atom. The maximum absolute atomic E-state index is 14.6. The maximum Gasteiger partial charge on any atom is 0.310 e. The smallest absolute Gasteiger partial charge is 0.310 e. The summed E-state index contributed by atoms with van der Waals surface area (Å²) in [6.07, 6.45) is 2.98. The lowest BCUT2D eigenvalue weighted by Crippen LogP contribution is -2.36. The zero-order valence-electron chi connectivity index (χ0n) is 22.4. The molecule has 208 valence electrons. The first-order valence-electron chi connectivity index (χ1n) is 12.5. The van der Waals surface area contributed by atoms with Crippen LogP contribution in [0.15, 0.2) is 47.6 Å². The summed E-state index contributed by atoms with van der Waals surface area (Å²) in [6, 6.07) is 8.12. The summed E-state index contributed by atoms with van der Waals surface area (Å²) in [4.78, 5) is 28.6. The highest BCUT2D eigenvalue weighted by Crippen LogP contribution is 2.45. The summed E-state index contributed by atoms with van der Waals surface area (Å²) < 4.78 is 49.3. The van der Waals surface area contributed by atoms with Crippen LogP contribution in [0.1, 0.15) is 71.3 Å². The van der Waals surface area contributed by atoms with Gasteiger partial charge in [-0.25, -0.2) is 12.8 Å². The van der Waals surface area contributed by atoms with Crippen LogP contribution >= 0.6 is 11.3 Å². The van der Waals surface area contributed by atoms with E-state index in [-0.39, 0.29) is 34.7 Å². The molecule has 11 heteroatoms. The fourth-order valence-electron chi connectivity index (χ4n) is 4.76. The van der Waals surface area contributed by atoms with Gasteiger partial charge in [-0.15, -0.1) is 11.3 Å². The summed E-state index contributed by atoms with van der Waals surface area (Å²) >= 11 is 0.941. The number of thiophene rings is 1. The van der Waals surface area contributed by atoms with Crippen LogP contribution in [-0.2, 0) is 21.4 Å². The minimum Gasteiger partial charge on any atom is -0.488 e. The number of aromatic nitrogens is 1. The SMILES string of the molecule is CC[C@@H]1CN(Cc2cc(C(c3cc(F)c(C(C)=O)s3)C(C)(C)C(=O)O)ccc2C)S(=O)(=O)c2cnccc2O1. The normalized spacial score (nSPS) is 18.1. The van der Waals surface area contributed by atoms with Crippen LogP contribution in [0, 0.1) is 18.2 Å². The van der Waals surface area contributed by atoms with Gasteiger partial charge in [0.1, 0.15) is 27.4 Å². The first kappa shape index (κ1) is 28.8. The number of hydrogen-bond acceptors (Lipinski definition) is 7. The van der Waals surface area contributed by atoms with Gasteiger partial charge in [0, 0.05) is 30.5 Å². The number of carbonyl (C=O) groups excluding carboxylic acids is 1. The Kier molecular flexibility index (Phi) is 7.98. The second kappa shape index (κ2) is 10.8. The molecule has 0 radical (unpaired) electrons. The van der Waals surface area contributed by atoms with Crippen LogP contribution in [0.5, 0.6) is 5.75 Å². The van der Waals surface area contributed by atoms with Gasteiger partial charge >= 0.3 is 5.97 Å². The number of fused-ring (bicyclic) bond motifs is 1. The number of sulfonamides is 1. The molecule has 0 bridgehead atoms. The van der Waals surface area contributed by atoms with E-state index < -0.39 is 38.9 Å². The van der Waals surface area contributed by atoms with Gasteiger partial charge in [0.2, 0.25) is 10.0 Å². The van der Waals surface area contributed by atoms with E-state index in [1.165, 1.54) is 29.7 Å². The van der Waals surface area contributed by atoms with Crippen molar-refractivity contribution in [1.82, 2.24) is 9.29 Å². The van der Waals surface area contributed by atoms with Gasteiger partial charge in [0.25, 0.3) is 0 Å². The lowest BCUT2D eigenvalue weighted by atomic mass is 9.73. The van der Waals surface area contributed by atoms with Crippen LogP contribution in [0.25, 0.3) is 0 Å². The summed E-state index contributed by atoms with van der Waals surface area (Å²) in [5, 5.41) is 10.1. The molecule has 4 rings (SSSR count). The van der Waals surface area contributed by atoms with Gasteiger partial charge in [0.05, 0.1) is 18.2 Å². The largest absolute Gasteiger partial charge is 0.488 e. The van der Waals surface area contributed by atoms with E-state index in [4.69, 9.17) is 4.74 Å². The lowest BCUT2D eigenvalue weighted by molar-refractivity contribution is -0.147. The number of aryl methyl sites for hydroxylation is 1. The number of nitrogens with zero attached hydrogens (tertiary/aromatic N) is 2. The second-order valence-electron chi connectivity index (χ2n) is 10.3. The quantitative estimate of drug-likeness (QED) is 0.359. The Morgan fingerprint density at radius 2 is 2.00 bits per heavy atom. The Labute approximate surface area is 231 Å². The number of benzene rings is 1. The molecule has 1 aliphatic rings. The van der Waals surface area contributed by atoms with E-state index in [2.05, 4.69) is 4.98 Å². The number of carbonyl (C=O) groups is 2. The molecule has 3 aromatic rings. The maximum atomic E-state index is 14.6. The summed E-state index contributed by atoms with van der Waals surface area (Å²) in [5.41, 5.74) is 0.704. The zero-order chi connectivity index (χ0) is 28.7. The van der Waals surface area contributed by atoms with Gasteiger partial charge in [-0.05, 0) is 56.0 Å². The van der Waals surface area contributed by atoms with Crippen molar-refractivity contribution in [2.75, 3.05) is 6.54 Å². The number of halogens is 1. The molecule has 8 nitrogen and oxygen atoms in total. The van der Waals surface area contributed by atoms with Crippen LogP contribution in [0.4, 0.5) is 4.39 Å². The van der Waals surface area contributed by atoms with Gasteiger partial charge < -0.3 is 9.84 Å². The molecule has 1 aliphatic heterocycles. The fourth-order valence-corrected chi connectivity index (χ4v) is 7.52. The number of pyridine rings is 1. The monoisotopic (exact) mass is 574 g/mol. The molecule has 0 saturated heterocycles. The predicted octanol–water partition coefficient (Wildman–Crippen LogP) is 5.40. The fraction of sp³-hybridized carbons (Fsp3) is 0.393. The van der Waals surface area contributed by atoms with Crippen LogP contribution in [0.3, 0.4) is 0 Å². The number of hydrogen-bond donors (Lipinski definition) is 1. The topological polar surface area (TPSA) is 114 Å². The molecule has 0 aliphatic carbocycles. The molecule has 2 aromatic heterocycles. The Bertz CT molecular complexity index is 1530. The first-order valence-corrected chi connectivity index (χ1v) is 14.8. The average Bonchev–Trinajstić information content (AvgIpc) is 3.21. The molecule has 0 saturated carbocycles. The number of Topliss-reactive ketones (excluding diaryl/α,β-unsaturated/α-hetero) is 1. The molecule has 2 atom stereocenters. The molecule has 1 N–H and O–H groups in total. The number of ether oxygens (including phenoxy) is 1. The minimum atomic E-state index is -3.95. The number of carboxylic acids is 1. The summed E-state index contributed by atoms with van der Waals surface area (Å²) in [5.74, 6) is -2.74. The van der Waals surface area contributed by atoms with E-state index in [0.29, 0.717) is 22.4 Å². The van der Waals surface area contributed by atoms with Crippen molar-refractivity contribution in [2.24, 2.45) is 5.41 Å².